The van der Waals surface area contributed by atoms with E-state index in [1.54, 1.807) is 0 Å². The molecule has 0 radical (unpaired) electrons. The van der Waals surface area contributed by atoms with Gasteiger partial charge in [-0.15, -0.1) is 0 Å². The Morgan fingerprint density at radius 3 is 2.35 bits per heavy atom. The number of halogens is 3. The predicted molar refractivity (Wildman–Crippen MR) is 122 cm³/mol. The topological polar surface area (TPSA) is 56.3 Å². The van der Waals surface area contributed by atoms with Crippen LogP contribution in [0.2, 0.25) is 0 Å². The van der Waals surface area contributed by atoms with Crippen LogP contribution in [-0.4, -0.2) is 24.2 Å². The summed E-state index contributed by atoms with van der Waals surface area (Å²) < 4.78 is 44.6. The number of nitrogens with zero attached hydrogens (tertiary/aromatic N) is 1. The Labute approximate surface area is 197 Å². The van der Waals surface area contributed by atoms with E-state index in [1.807, 2.05) is 0 Å². The zero-order valence-corrected chi connectivity index (χ0v) is 19.8. The molecule has 0 aliphatic heterocycles. The third-order valence-corrected chi connectivity index (χ3v) is 7.13. The fraction of sp³-hybridized carbons (Fsp3) is 0.519. The largest absolute Gasteiger partial charge is 0.416 e. The molecule has 0 spiro atoms. The van der Waals surface area contributed by atoms with Crippen molar-refractivity contribution in [1.29, 1.82) is 0 Å². The highest BCUT2D eigenvalue weighted by Crippen LogP contribution is 2.48. The van der Waals surface area contributed by atoms with E-state index in [0.29, 0.717) is 24.1 Å². The standard InChI is InChI=1S/C27H30F3NO3/c1-26(2)12-18(14-32)22-20(13-26)31-21(15-34-3)24(23(22)16-6-4-5-7-16)25(33)17-8-10-19(11-9-17)27(28,29)30/h8-11,14,16,18H,4-7,12-13,15H2,1-3H3. The lowest BCUT2D eigenvalue weighted by molar-refractivity contribution is -0.137. The van der Waals surface area contributed by atoms with Crippen molar-refractivity contribution in [3.05, 3.63) is 63.5 Å². The third kappa shape index (κ3) is 4.67. The van der Waals surface area contributed by atoms with E-state index in [1.165, 1.54) is 19.2 Å². The van der Waals surface area contributed by atoms with Gasteiger partial charge in [0.15, 0.2) is 5.78 Å². The van der Waals surface area contributed by atoms with E-state index >= 15 is 0 Å². The number of hydrogen-bond donors (Lipinski definition) is 0. The molecule has 1 unspecified atom stereocenters. The first kappa shape index (κ1) is 24.6. The molecule has 0 N–H and O–H groups in total. The van der Waals surface area contributed by atoms with Crippen molar-refractivity contribution in [2.75, 3.05) is 7.11 Å². The highest BCUT2D eigenvalue weighted by atomic mass is 19.4. The van der Waals surface area contributed by atoms with Crippen LogP contribution < -0.4 is 0 Å². The van der Waals surface area contributed by atoms with Crippen LogP contribution >= 0.6 is 0 Å². The molecular formula is C27H30F3NO3. The fourth-order valence-corrected chi connectivity index (χ4v) is 5.70. The quantitative estimate of drug-likeness (QED) is 0.360. The normalized spacial score (nSPS) is 20.2. The van der Waals surface area contributed by atoms with Gasteiger partial charge in [0.1, 0.15) is 6.29 Å². The second-order valence-electron chi connectivity index (χ2n) is 10.3. The Balaban J connectivity index is 1.93. The lowest BCUT2D eigenvalue weighted by atomic mass is 9.68. The molecule has 182 valence electrons. The first-order valence-corrected chi connectivity index (χ1v) is 11.8. The first-order chi connectivity index (χ1) is 16.1. The van der Waals surface area contributed by atoms with Gasteiger partial charge in [-0.3, -0.25) is 9.78 Å². The Bertz CT molecular complexity index is 1080. The summed E-state index contributed by atoms with van der Waals surface area (Å²) in [4.78, 5) is 30.9. The number of rotatable bonds is 6. The molecule has 7 heteroatoms. The van der Waals surface area contributed by atoms with Gasteiger partial charge in [-0.25, -0.2) is 0 Å². The number of aromatic nitrogens is 1. The Morgan fingerprint density at radius 2 is 1.79 bits per heavy atom. The smallest absolute Gasteiger partial charge is 0.378 e. The van der Waals surface area contributed by atoms with Crippen LogP contribution in [0.15, 0.2) is 24.3 Å². The van der Waals surface area contributed by atoms with Crippen LogP contribution in [0.5, 0.6) is 0 Å². The summed E-state index contributed by atoms with van der Waals surface area (Å²) in [6.45, 7) is 4.34. The van der Waals surface area contributed by atoms with Crippen LogP contribution in [0.4, 0.5) is 13.2 Å². The molecule has 1 saturated carbocycles. The maximum atomic E-state index is 13.8. The average Bonchev–Trinajstić information content (AvgIpc) is 3.31. The second-order valence-corrected chi connectivity index (χ2v) is 10.3. The minimum atomic E-state index is -4.48. The van der Waals surface area contributed by atoms with Gasteiger partial charge in [-0.2, -0.15) is 13.2 Å². The van der Waals surface area contributed by atoms with Crippen molar-refractivity contribution in [2.24, 2.45) is 5.41 Å². The van der Waals surface area contributed by atoms with Gasteiger partial charge in [0.05, 0.1) is 23.4 Å². The molecule has 4 rings (SSSR count). The van der Waals surface area contributed by atoms with E-state index in [2.05, 4.69) is 13.8 Å². The SMILES string of the molecule is COCc1nc2c(c(C3CCCC3)c1C(=O)c1ccc(C(F)(F)F)cc1)C(C=O)CC(C)(C)C2. The number of carbonyl (C=O) groups is 2. The zero-order valence-electron chi connectivity index (χ0n) is 19.8. The Hall–Kier alpha value is -2.54. The number of hydrogen-bond acceptors (Lipinski definition) is 4. The molecule has 1 atom stereocenters. The molecule has 2 aromatic rings. The number of fused-ring (bicyclic) bond motifs is 1. The van der Waals surface area contributed by atoms with Crippen LogP contribution in [0, 0.1) is 5.41 Å². The number of ketones is 1. The Kier molecular flexibility index (Phi) is 6.69. The van der Waals surface area contributed by atoms with E-state index in [9.17, 15) is 22.8 Å². The van der Waals surface area contributed by atoms with Crippen molar-refractivity contribution in [3.8, 4) is 0 Å². The highest BCUT2D eigenvalue weighted by molar-refractivity contribution is 6.11. The van der Waals surface area contributed by atoms with Crippen LogP contribution in [0.3, 0.4) is 0 Å². The maximum absolute atomic E-state index is 13.8. The van der Waals surface area contributed by atoms with Crippen molar-refractivity contribution < 1.29 is 27.5 Å². The summed E-state index contributed by atoms with van der Waals surface area (Å²) in [5.74, 6) is -0.616. The van der Waals surface area contributed by atoms with Crippen LogP contribution in [0.1, 0.15) is 102 Å². The third-order valence-electron chi connectivity index (χ3n) is 7.13. The molecule has 1 heterocycles. The minimum Gasteiger partial charge on any atom is -0.378 e. The molecule has 1 aromatic heterocycles. The minimum absolute atomic E-state index is 0.109. The monoisotopic (exact) mass is 473 g/mol. The van der Waals surface area contributed by atoms with Crippen molar-refractivity contribution >= 4 is 12.1 Å². The number of methoxy groups -OCH3 is 1. The van der Waals surface area contributed by atoms with Crippen molar-refractivity contribution in [3.63, 3.8) is 0 Å². The summed E-state index contributed by atoms with van der Waals surface area (Å²) in [7, 11) is 1.53. The summed E-state index contributed by atoms with van der Waals surface area (Å²) in [6.07, 6.45) is 1.73. The summed E-state index contributed by atoms with van der Waals surface area (Å²) >= 11 is 0. The molecule has 0 bridgehead atoms. The molecular weight excluding hydrogens is 443 g/mol. The molecule has 0 saturated heterocycles. The van der Waals surface area contributed by atoms with Crippen molar-refractivity contribution in [1.82, 2.24) is 4.98 Å². The van der Waals surface area contributed by atoms with E-state index < -0.39 is 11.7 Å². The number of carbonyl (C=O) groups excluding carboxylic acids is 2. The number of alkyl halides is 3. The number of ether oxygens (including phenoxy) is 1. The molecule has 2 aliphatic rings. The molecule has 4 nitrogen and oxygen atoms in total. The molecule has 34 heavy (non-hydrogen) atoms. The number of aldehydes is 1. The van der Waals surface area contributed by atoms with Crippen molar-refractivity contribution in [2.45, 2.75) is 77.0 Å². The number of pyridine rings is 1. The summed E-state index contributed by atoms with van der Waals surface area (Å²) in [5, 5.41) is 0. The van der Waals surface area contributed by atoms with Gasteiger partial charge in [0, 0.05) is 24.3 Å². The van der Waals surface area contributed by atoms with Gasteiger partial charge in [-0.1, -0.05) is 38.8 Å². The molecule has 0 amide bonds. The molecule has 2 aliphatic carbocycles. The van der Waals surface area contributed by atoms with Gasteiger partial charge in [-0.05, 0) is 60.3 Å². The molecule has 1 fully saturated rings. The van der Waals surface area contributed by atoms with Crippen LogP contribution in [0.25, 0.3) is 0 Å². The average molecular weight is 474 g/mol. The van der Waals surface area contributed by atoms with E-state index in [-0.39, 0.29) is 35.2 Å². The van der Waals surface area contributed by atoms with Gasteiger partial charge < -0.3 is 9.53 Å². The zero-order chi connectivity index (χ0) is 24.7. The van der Waals surface area contributed by atoms with Gasteiger partial charge in [0.2, 0.25) is 0 Å². The fourth-order valence-electron chi connectivity index (χ4n) is 5.70. The second kappa shape index (κ2) is 9.25. The summed E-state index contributed by atoms with van der Waals surface area (Å²) in [5.41, 5.74) is 2.72. The van der Waals surface area contributed by atoms with Gasteiger partial charge in [0.25, 0.3) is 0 Å². The van der Waals surface area contributed by atoms with E-state index in [4.69, 9.17) is 9.72 Å². The number of benzene rings is 1. The summed E-state index contributed by atoms with van der Waals surface area (Å²) in [6, 6.07) is 4.31. The lowest BCUT2D eigenvalue weighted by Crippen LogP contribution is -2.31. The lowest BCUT2D eigenvalue weighted by Gasteiger charge is -2.37. The first-order valence-electron chi connectivity index (χ1n) is 11.8. The van der Waals surface area contributed by atoms with Crippen LogP contribution in [-0.2, 0) is 28.7 Å². The van der Waals surface area contributed by atoms with Gasteiger partial charge >= 0.3 is 6.18 Å². The maximum Gasteiger partial charge on any atom is 0.416 e. The highest BCUT2D eigenvalue weighted by Gasteiger charge is 2.40. The van der Waals surface area contributed by atoms with E-state index in [0.717, 1.165) is 60.9 Å². The Morgan fingerprint density at radius 1 is 1.15 bits per heavy atom. The predicted octanol–water partition coefficient (Wildman–Crippen LogP) is 6.39. The molecule has 1 aromatic carbocycles.